The molecule has 0 saturated heterocycles. The molecule has 9 nitrogen and oxygen atoms in total. The molecule has 0 amide bonds. The Hall–Kier alpha value is -5.00. The lowest BCUT2D eigenvalue weighted by Gasteiger charge is -2.15. The van der Waals surface area contributed by atoms with Gasteiger partial charge in [0, 0.05) is 34.8 Å². The molecule has 0 bridgehead atoms. The second kappa shape index (κ2) is 10.6. The molecule has 0 fully saturated rings. The minimum absolute atomic E-state index is 0.267. The molecule has 0 unspecified atom stereocenters. The number of aryl methyl sites for hydroxylation is 1. The summed E-state index contributed by atoms with van der Waals surface area (Å²) in [5, 5.41) is 10.9. The lowest BCUT2D eigenvalue weighted by molar-refractivity contribution is -0.137. The number of anilines is 4. The molecule has 5 aromatic rings. The van der Waals surface area contributed by atoms with Crippen LogP contribution in [-0.2, 0) is 6.18 Å². The van der Waals surface area contributed by atoms with Gasteiger partial charge >= 0.3 is 6.18 Å². The summed E-state index contributed by atoms with van der Waals surface area (Å²) < 4.78 is 57.7. The summed E-state index contributed by atoms with van der Waals surface area (Å²) in [7, 11) is 4.57. The highest BCUT2D eigenvalue weighted by Crippen LogP contribution is 2.40. The van der Waals surface area contributed by atoms with Gasteiger partial charge in [0.25, 0.3) is 0 Å². The van der Waals surface area contributed by atoms with Crippen molar-refractivity contribution >= 4 is 28.5 Å². The standard InChI is InChI=1S/C28H25F3N6O3/c1-16-22-15-32-27(35-19-13-23(38-2)25(40-4)24(14-19)39-3)36-37(22)26(33-16)20-10-5-6-11-21(20)34-18-9-7-8-17(12-18)28(29,30)31/h5-15,34H,1-4H3,(H,35,36). The number of hydrogen-bond donors (Lipinski definition) is 2. The van der Waals surface area contributed by atoms with E-state index in [0.717, 1.165) is 12.1 Å². The van der Waals surface area contributed by atoms with Crippen molar-refractivity contribution in [3.8, 4) is 28.6 Å². The Kier molecular flexibility index (Phi) is 7.07. The zero-order valence-corrected chi connectivity index (χ0v) is 22.0. The molecule has 0 aliphatic heterocycles. The maximum Gasteiger partial charge on any atom is 0.416 e. The molecule has 0 radical (unpaired) electrons. The Labute approximate surface area is 227 Å². The first-order valence-electron chi connectivity index (χ1n) is 12.0. The molecule has 0 atom stereocenters. The topological polar surface area (TPSA) is 94.8 Å². The van der Waals surface area contributed by atoms with E-state index >= 15 is 0 Å². The summed E-state index contributed by atoms with van der Waals surface area (Å²) in [4.78, 5) is 9.13. The number of aromatic nitrogens is 4. The second-order valence-electron chi connectivity index (χ2n) is 8.69. The predicted octanol–water partition coefficient (Wildman–Crippen LogP) is 6.63. The van der Waals surface area contributed by atoms with Crippen LogP contribution in [-0.4, -0.2) is 40.9 Å². The average molecular weight is 551 g/mol. The van der Waals surface area contributed by atoms with Crippen molar-refractivity contribution in [3.05, 3.63) is 78.1 Å². The van der Waals surface area contributed by atoms with Crippen molar-refractivity contribution in [3.63, 3.8) is 0 Å². The van der Waals surface area contributed by atoms with Gasteiger partial charge in [-0.1, -0.05) is 18.2 Å². The number of fused-ring (bicyclic) bond motifs is 1. The maximum absolute atomic E-state index is 13.3. The minimum atomic E-state index is -4.45. The van der Waals surface area contributed by atoms with Gasteiger partial charge in [0.15, 0.2) is 17.3 Å². The van der Waals surface area contributed by atoms with Gasteiger partial charge in [0.2, 0.25) is 11.7 Å². The van der Waals surface area contributed by atoms with Crippen LogP contribution in [0.5, 0.6) is 17.2 Å². The normalized spacial score (nSPS) is 11.4. The molecule has 2 heterocycles. The molecule has 206 valence electrons. The highest BCUT2D eigenvalue weighted by molar-refractivity contribution is 5.80. The van der Waals surface area contributed by atoms with Crippen LogP contribution in [0.2, 0.25) is 0 Å². The highest BCUT2D eigenvalue weighted by Gasteiger charge is 2.30. The van der Waals surface area contributed by atoms with Crippen LogP contribution in [0, 0.1) is 6.92 Å². The van der Waals surface area contributed by atoms with Crippen molar-refractivity contribution < 1.29 is 27.4 Å². The summed E-state index contributed by atoms with van der Waals surface area (Å²) in [6, 6.07) is 15.7. The zero-order valence-electron chi connectivity index (χ0n) is 22.0. The smallest absolute Gasteiger partial charge is 0.416 e. The lowest BCUT2D eigenvalue weighted by atomic mass is 10.1. The molecular formula is C28H25F3N6O3. The van der Waals surface area contributed by atoms with Gasteiger partial charge in [-0.05, 0) is 37.3 Å². The molecule has 5 rings (SSSR count). The fraction of sp³-hybridized carbons (Fsp3) is 0.179. The van der Waals surface area contributed by atoms with Crippen LogP contribution in [0.25, 0.3) is 16.9 Å². The first kappa shape index (κ1) is 26.6. The Morgan fingerprint density at radius 2 is 1.55 bits per heavy atom. The number of para-hydroxylation sites is 1. The summed E-state index contributed by atoms with van der Waals surface area (Å²) in [5.74, 6) is 2.12. The summed E-state index contributed by atoms with van der Waals surface area (Å²) in [6.07, 6.45) is -2.81. The number of nitrogens with zero attached hydrogens (tertiary/aromatic N) is 4. The molecular weight excluding hydrogens is 525 g/mol. The van der Waals surface area contributed by atoms with Crippen LogP contribution in [0.4, 0.5) is 36.2 Å². The monoisotopic (exact) mass is 550 g/mol. The number of benzene rings is 3. The Balaban J connectivity index is 1.54. The third-order valence-electron chi connectivity index (χ3n) is 6.13. The van der Waals surface area contributed by atoms with E-state index in [0.29, 0.717) is 56.9 Å². The van der Waals surface area contributed by atoms with Crippen LogP contribution in [0.15, 0.2) is 66.9 Å². The van der Waals surface area contributed by atoms with Gasteiger partial charge in [-0.2, -0.15) is 13.2 Å². The number of ether oxygens (including phenoxy) is 3. The Morgan fingerprint density at radius 1 is 0.825 bits per heavy atom. The fourth-order valence-electron chi connectivity index (χ4n) is 4.25. The Morgan fingerprint density at radius 3 is 2.23 bits per heavy atom. The Bertz CT molecular complexity index is 1660. The third kappa shape index (κ3) is 5.15. The van der Waals surface area contributed by atoms with Crippen molar-refractivity contribution in [2.45, 2.75) is 13.1 Å². The molecule has 3 aromatic carbocycles. The van der Waals surface area contributed by atoms with E-state index in [2.05, 4.69) is 20.7 Å². The molecule has 40 heavy (non-hydrogen) atoms. The van der Waals surface area contributed by atoms with Crippen molar-refractivity contribution in [2.24, 2.45) is 0 Å². The molecule has 0 aliphatic rings. The summed E-state index contributed by atoms with van der Waals surface area (Å²) >= 11 is 0. The molecule has 0 aliphatic carbocycles. The molecule has 2 N–H and O–H groups in total. The van der Waals surface area contributed by atoms with Gasteiger partial charge < -0.3 is 24.8 Å². The maximum atomic E-state index is 13.3. The van der Waals surface area contributed by atoms with E-state index in [-0.39, 0.29) is 5.95 Å². The van der Waals surface area contributed by atoms with Gasteiger partial charge in [0.1, 0.15) is 5.52 Å². The zero-order chi connectivity index (χ0) is 28.4. The van der Waals surface area contributed by atoms with Crippen LogP contribution >= 0.6 is 0 Å². The van der Waals surface area contributed by atoms with Crippen molar-refractivity contribution in [2.75, 3.05) is 32.0 Å². The number of rotatable bonds is 8. The number of alkyl halides is 3. The lowest BCUT2D eigenvalue weighted by Crippen LogP contribution is -2.06. The predicted molar refractivity (Wildman–Crippen MR) is 145 cm³/mol. The third-order valence-corrected chi connectivity index (χ3v) is 6.13. The molecule has 12 heteroatoms. The average Bonchev–Trinajstić information content (AvgIpc) is 3.27. The van der Waals surface area contributed by atoms with Crippen molar-refractivity contribution in [1.29, 1.82) is 0 Å². The van der Waals surface area contributed by atoms with Crippen LogP contribution in [0.1, 0.15) is 11.3 Å². The summed E-state index contributed by atoms with van der Waals surface area (Å²) in [6.45, 7) is 1.83. The van der Waals surface area contributed by atoms with Gasteiger partial charge in [0.05, 0.1) is 38.8 Å². The van der Waals surface area contributed by atoms with E-state index in [9.17, 15) is 13.2 Å². The van der Waals surface area contributed by atoms with Gasteiger partial charge in [-0.3, -0.25) is 0 Å². The van der Waals surface area contributed by atoms with Crippen LogP contribution in [0.3, 0.4) is 0 Å². The molecule has 0 saturated carbocycles. The van der Waals surface area contributed by atoms with Gasteiger partial charge in [-0.25, -0.2) is 14.5 Å². The SMILES string of the molecule is COc1cc(Nc2ncc3c(C)nc(-c4ccccc4Nc4cccc(C(F)(F)F)c4)n3n2)cc(OC)c1OC. The minimum Gasteiger partial charge on any atom is -0.493 e. The highest BCUT2D eigenvalue weighted by atomic mass is 19.4. The van der Waals surface area contributed by atoms with E-state index in [4.69, 9.17) is 19.2 Å². The molecule has 2 aromatic heterocycles. The van der Waals surface area contributed by atoms with Crippen molar-refractivity contribution in [1.82, 2.24) is 19.6 Å². The summed E-state index contributed by atoms with van der Waals surface area (Å²) in [5.41, 5.74) is 2.69. The number of imidazole rings is 1. The second-order valence-corrected chi connectivity index (χ2v) is 8.69. The van der Waals surface area contributed by atoms with Gasteiger partial charge in [-0.15, -0.1) is 5.10 Å². The van der Waals surface area contributed by atoms with E-state index in [1.165, 1.54) is 27.4 Å². The largest absolute Gasteiger partial charge is 0.493 e. The number of halogens is 3. The van der Waals surface area contributed by atoms with Crippen LogP contribution < -0.4 is 24.8 Å². The number of hydrogen-bond acceptors (Lipinski definition) is 8. The van der Waals surface area contributed by atoms with E-state index in [1.54, 1.807) is 41.0 Å². The van der Waals surface area contributed by atoms with E-state index in [1.807, 2.05) is 19.1 Å². The molecule has 0 spiro atoms. The first-order valence-corrected chi connectivity index (χ1v) is 12.0. The first-order chi connectivity index (χ1) is 19.2. The fourth-order valence-corrected chi connectivity index (χ4v) is 4.25. The van der Waals surface area contributed by atoms with E-state index < -0.39 is 11.7 Å². The quantitative estimate of drug-likeness (QED) is 0.222. The number of nitrogens with one attached hydrogen (secondary N) is 2. The number of methoxy groups -OCH3 is 3.